The van der Waals surface area contributed by atoms with E-state index < -0.39 is 5.97 Å². The van der Waals surface area contributed by atoms with Crippen LogP contribution in [0.25, 0.3) is 11.1 Å². The Morgan fingerprint density at radius 3 is 2.07 bits per heavy atom. The van der Waals surface area contributed by atoms with Gasteiger partial charge in [-0.05, 0) is 47.4 Å². The van der Waals surface area contributed by atoms with Crippen LogP contribution in [0, 0.1) is 0 Å². The highest BCUT2D eigenvalue weighted by molar-refractivity contribution is 6.20. The highest BCUT2D eigenvalue weighted by Gasteiger charge is 2.12. The number of alkyl halides is 1. The first-order valence-corrected chi connectivity index (χ1v) is 10.2. The van der Waals surface area contributed by atoms with Crippen molar-refractivity contribution in [2.45, 2.75) is 25.1 Å². The Hall–Kier alpha value is -3.11. The average Bonchev–Trinajstić information content (AvgIpc) is 2.78. The SMILES string of the molecule is CCC(=O)Oc1ccc(-c2ccc(C(=O)OCC(Cl)Cc3ccccc3)cc2)cc1. The Bertz CT molecular complexity index is 966. The van der Waals surface area contributed by atoms with Gasteiger partial charge in [0.2, 0.25) is 0 Å². The normalized spacial score (nSPS) is 11.5. The largest absolute Gasteiger partial charge is 0.461 e. The molecule has 0 bridgehead atoms. The molecule has 4 nitrogen and oxygen atoms in total. The van der Waals surface area contributed by atoms with Gasteiger partial charge in [0.15, 0.2) is 0 Å². The van der Waals surface area contributed by atoms with Crippen LogP contribution in [0.4, 0.5) is 0 Å². The van der Waals surface area contributed by atoms with Crippen LogP contribution in [0.1, 0.15) is 29.3 Å². The van der Waals surface area contributed by atoms with Crippen molar-refractivity contribution in [1.82, 2.24) is 0 Å². The molecule has 0 fully saturated rings. The van der Waals surface area contributed by atoms with Crippen LogP contribution in [0.15, 0.2) is 78.9 Å². The van der Waals surface area contributed by atoms with Crippen LogP contribution in [0.3, 0.4) is 0 Å². The maximum Gasteiger partial charge on any atom is 0.338 e. The molecule has 3 rings (SSSR count). The number of hydrogen-bond acceptors (Lipinski definition) is 4. The molecule has 0 aliphatic rings. The summed E-state index contributed by atoms with van der Waals surface area (Å²) in [6.45, 7) is 1.90. The van der Waals surface area contributed by atoms with Crippen LogP contribution in [0.2, 0.25) is 0 Å². The van der Waals surface area contributed by atoms with Crippen molar-refractivity contribution >= 4 is 23.5 Å². The standard InChI is InChI=1S/C25H23ClO4/c1-2-24(27)30-23-14-12-20(13-15-23)19-8-10-21(11-9-19)25(28)29-17-22(26)16-18-6-4-3-5-7-18/h3-15,22H,2,16-17H2,1H3. The molecule has 0 aliphatic carbocycles. The number of benzene rings is 3. The third-order valence-corrected chi connectivity index (χ3v) is 4.80. The molecule has 1 atom stereocenters. The molecule has 3 aromatic carbocycles. The van der Waals surface area contributed by atoms with Gasteiger partial charge < -0.3 is 9.47 Å². The van der Waals surface area contributed by atoms with E-state index in [1.807, 2.05) is 54.6 Å². The van der Waals surface area contributed by atoms with Crippen LogP contribution in [-0.2, 0) is 16.0 Å². The van der Waals surface area contributed by atoms with E-state index in [2.05, 4.69) is 0 Å². The summed E-state index contributed by atoms with van der Waals surface area (Å²) in [4.78, 5) is 23.6. The van der Waals surface area contributed by atoms with Gasteiger partial charge in [-0.15, -0.1) is 11.6 Å². The van der Waals surface area contributed by atoms with E-state index in [4.69, 9.17) is 21.1 Å². The van der Waals surface area contributed by atoms with Crippen molar-refractivity contribution in [3.8, 4) is 16.9 Å². The summed E-state index contributed by atoms with van der Waals surface area (Å²) in [6.07, 6.45) is 0.966. The first-order valence-electron chi connectivity index (χ1n) is 9.81. The summed E-state index contributed by atoms with van der Waals surface area (Å²) in [7, 11) is 0. The Kier molecular flexibility index (Phi) is 7.63. The van der Waals surface area contributed by atoms with Gasteiger partial charge in [0.25, 0.3) is 0 Å². The van der Waals surface area contributed by atoms with Crippen LogP contribution in [-0.4, -0.2) is 23.9 Å². The molecule has 0 aliphatic heterocycles. The number of carbonyl (C=O) groups excluding carboxylic acids is 2. The minimum Gasteiger partial charge on any atom is -0.461 e. The minimum atomic E-state index is -0.401. The molecular weight excluding hydrogens is 400 g/mol. The summed E-state index contributed by atoms with van der Waals surface area (Å²) >= 11 is 6.30. The Morgan fingerprint density at radius 1 is 0.867 bits per heavy atom. The van der Waals surface area contributed by atoms with Gasteiger partial charge in [-0.25, -0.2) is 4.79 Å². The van der Waals surface area contributed by atoms with Crippen LogP contribution in [0.5, 0.6) is 5.75 Å². The van der Waals surface area contributed by atoms with Crippen molar-refractivity contribution in [3.63, 3.8) is 0 Å². The molecule has 154 valence electrons. The second-order valence-electron chi connectivity index (χ2n) is 6.81. The Morgan fingerprint density at radius 2 is 1.47 bits per heavy atom. The number of hydrogen-bond donors (Lipinski definition) is 0. The molecule has 1 unspecified atom stereocenters. The Balaban J connectivity index is 1.54. The molecule has 0 aromatic heterocycles. The second kappa shape index (κ2) is 10.6. The van der Waals surface area contributed by atoms with Crippen LogP contribution >= 0.6 is 11.6 Å². The molecule has 30 heavy (non-hydrogen) atoms. The fraction of sp³-hybridized carbons (Fsp3) is 0.200. The molecule has 0 amide bonds. The third-order valence-electron chi connectivity index (χ3n) is 4.52. The first kappa shape index (κ1) is 21.6. The van der Waals surface area contributed by atoms with E-state index in [1.54, 1.807) is 31.2 Å². The number of ether oxygens (including phenoxy) is 2. The van der Waals surface area contributed by atoms with E-state index in [0.717, 1.165) is 16.7 Å². The fourth-order valence-corrected chi connectivity index (χ4v) is 3.14. The fourth-order valence-electron chi connectivity index (χ4n) is 2.90. The Labute approximate surface area is 181 Å². The first-order chi connectivity index (χ1) is 14.5. The molecule has 0 N–H and O–H groups in total. The maximum absolute atomic E-state index is 12.3. The second-order valence-corrected chi connectivity index (χ2v) is 7.43. The van der Waals surface area contributed by atoms with Gasteiger partial charge in [0, 0.05) is 6.42 Å². The summed E-state index contributed by atoms with van der Waals surface area (Å²) in [5.74, 6) is -0.160. The van der Waals surface area contributed by atoms with Crippen molar-refractivity contribution in [1.29, 1.82) is 0 Å². The van der Waals surface area contributed by atoms with Crippen molar-refractivity contribution in [2.75, 3.05) is 6.61 Å². The quantitative estimate of drug-likeness (QED) is 0.266. The van der Waals surface area contributed by atoms with Gasteiger partial charge in [-0.3, -0.25) is 4.79 Å². The summed E-state index contributed by atoms with van der Waals surface area (Å²) in [5.41, 5.74) is 3.47. The van der Waals surface area contributed by atoms with Gasteiger partial charge >= 0.3 is 11.9 Å². The van der Waals surface area contributed by atoms with E-state index in [0.29, 0.717) is 24.2 Å². The van der Waals surface area contributed by atoms with E-state index in [-0.39, 0.29) is 18.0 Å². The number of halogens is 1. The lowest BCUT2D eigenvalue weighted by Gasteiger charge is -2.11. The zero-order valence-corrected chi connectivity index (χ0v) is 17.5. The van der Waals surface area contributed by atoms with Gasteiger partial charge in [0.1, 0.15) is 12.4 Å². The highest BCUT2D eigenvalue weighted by atomic mass is 35.5. The smallest absolute Gasteiger partial charge is 0.338 e. The predicted molar refractivity (Wildman–Crippen MR) is 118 cm³/mol. The van der Waals surface area contributed by atoms with Crippen molar-refractivity contribution < 1.29 is 19.1 Å². The number of esters is 2. The third kappa shape index (κ3) is 6.19. The molecule has 0 saturated carbocycles. The summed E-state index contributed by atoms with van der Waals surface area (Å²) in [5, 5.41) is -0.282. The molecule has 0 heterocycles. The van der Waals surface area contributed by atoms with Gasteiger partial charge in [0.05, 0.1) is 10.9 Å². The van der Waals surface area contributed by atoms with E-state index in [9.17, 15) is 9.59 Å². The molecule has 5 heteroatoms. The van der Waals surface area contributed by atoms with E-state index >= 15 is 0 Å². The molecular formula is C25H23ClO4. The van der Waals surface area contributed by atoms with Gasteiger partial charge in [-0.1, -0.05) is 61.5 Å². The number of carbonyl (C=O) groups is 2. The number of rotatable bonds is 8. The molecule has 0 radical (unpaired) electrons. The lowest BCUT2D eigenvalue weighted by Crippen LogP contribution is -2.16. The lowest BCUT2D eigenvalue weighted by molar-refractivity contribution is -0.134. The summed E-state index contributed by atoms with van der Waals surface area (Å²) < 4.78 is 10.5. The average molecular weight is 423 g/mol. The van der Waals surface area contributed by atoms with Crippen molar-refractivity contribution in [3.05, 3.63) is 90.0 Å². The predicted octanol–water partition coefficient (Wildman–Crippen LogP) is 5.68. The summed E-state index contributed by atoms with van der Waals surface area (Å²) in [6, 6.07) is 24.2. The van der Waals surface area contributed by atoms with Gasteiger partial charge in [-0.2, -0.15) is 0 Å². The topological polar surface area (TPSA) is 52.6 Å². The van der Waals surface area contributed by atoms with Crippen molar-refractivity contribution in [2.24, 2.45) is 0 Å². The highest BCUT2D eigenvalue weighted by Crippen LogP contribution is 2.23. The van der Waals surface area contributed by atoms with Crippen LogP contribution < -0.4 is 4.74 Å². The zero-order chi connectivity index (χ0) is 21.3. The minimum absolute atomic E-state index is 0.148. The maximum atomic E-state index is 12.3. The monoisotopic (exact) mass is 422 g/mol. The molecule has 0 saturated heterocycles. The lowest BCUT2D eigenvalue weighted by atomic mass is 10.0. The molecule has 0 spiro atoms. The molecule has 3 aromatic rings. The zero-order valence-electron chi connectivity index (χ0n) is 16.7. The van der Waals surface area contributed by atoms with E-state index in [1.165, 1.54) is 0 Å².